The van der Waals surface area contributed by atoms with Crippen LogP contribution in [0.25, 0.3) is 0 Å². The van der Waals surface area contributed by atoms with Crippen LogP contribution in [-0.4, -0.2) is 32.4 Å². The van der Waals surface area contributed by atoms with Crippen molar-refractivity contribution < 1.29 is 27.9 Å². The molecule has 0 atom stereocenters. The number of methoxy groups -OCH3 is 1. The summed E-state index contributed by atoms with van der Waals surface area (Å²) in [7, 11) is 1.54. The molecule has 1 amide bonds. The predicted octanol–water partition coefficient (Wildman–Crippen LogP) is 3.75. The van der Waals surface area contributed by atoms with E-state index in [0.29, 0.717) is 23.7 Å². The third-order valence-electron chi connectivity index (χ3n) is 3.32. The van der Waals surface area contributed by atoms with Crippen LogP contribution in [0.15, 0.2) is 41.6 Å². The lowest BCUT2D eigenvalue weighted by Crippen LogP contribution is -2.17. The molecule has 8 heteroatoms. The van der Waals surface area contributed by atoms with E-state index in [0.717, 1.165) is 18.6 Å². The summed E-state index contributed by atoms with van der Waals surface area (Å²) in [6, 6.07) is 8.29. The topological polar surface area (TPSA) is 69.2 Å². The Morgan fingerprint density at radius 1 is 1.15 bits per heavy atom. The Hall–Kier alpha value is -3.16. The van der Waals surface area contributed by atoms with Gasteiger partial charge >= 0.3 is 0 Å². The van der Waals surface area contributed by atoms with Gasteiger partial charge < -0.3 is 19.6 Å². The van der Waals surface area contributed by atoms with Crippen molar-refractivity contribution in [2.24, 2.45) is 5.16 Å². The van der Waals surface area contributed by atoms with Crippen LogP contribution >= 0.6 is 0 Å². The fourth-order valence-corrected chi connectivity index (χ4v) is 2.06. The Morgan fingerprint density at radius 2 is 1.96 bits per heavy atom. The largest absolute Gasteiger partial charge is 0.493 e. The van der Waals surface area contributed by atoms with Crippen molar-refractivity contribution in [1.82, 2.24) is 0 Å². The highest BCUT2D eigenvalue weighted by molar-refractivity contribution is 5.91. The number of oxime groups is 1. The van der Waals surface area contributed by atoms with Crippen LogP contribution in [0, 0.1) is 11.6 Å². The molecule has 0 fully saturated rings. The molecule has 2 aromatic rings. The van der Waals surface area contributed by atoms with Crippen molar-refractivity contribution in [3.8, 4) is 11.5 Å². The van der Waals surface area contributed by atoms with Gasteiger partial charge in [0.05, 0.1) is 19.9 Å². The first-order valence-electron chi connectivity index (χ1n) is 8.24. The zero-order chi connectivity index (χ0) is 19.6. The van der Waals surface area contributed by atoms with Gasteiger partial charge in [-0.05, 0) is 36.8 Å². The monoisotopic (exact) mass is 378 g/mol. The van der Waals surface area contributed by atoms with Crippen molar-refractivity contribution in [2.45, 2.75) is 13.3 Å². The SMILES string of the molecule is CCCOc1ccc(/C=N\OCC(=O)Nc2ccc(F)c(F)c2)cc1OC. The third kappa shape index (κ3) is 6.25. The lowest BCUT2D eigenvalue weighted by atomic mass is 10.2. The van der Waals surface area contributed by atoms with Crippen LogP contribution in [-0.2, 0) is 9.63 Å². The summed E-state index contributed by atoms with van der Waals surface area (Å²) in [5.74, 6) is -1.41. The molecule has 0 bridgehead atoms. The van der Waals surface area contributed by atoms with E-state index in [1.165, 1.54) is 19.4 Å². The Kier molecular flexibility index (Phi) is 7.54. The van der Waals surface area contributed by atoms with Gasteiger partial charge in [-0.15, -0.1) is 0 Å². The zero-order valence-corrected chi connectivity index (χ0v) is 15.0. The quantitative estimate of drug-likeness (QED) is 0.533. The molecule has 1 N–H and O–H groups in total. The van der Waals surface area contributed by atoms with Crippen molar-refractivity contribution in [3.05, 3.63) is 53.6 Å². The smallest absolute Gasteiger partial charge is 0.265 e. The van der Waals surface area contributed by atoms with Crippen molar-refractivity contribution in [1.29, 1.82) is 0 Å². The highest BCUT2D eigenvalue weighted by atomic mass is 19.2. The maximum Gasteiger partial charge on any atom is 0.265 e. The molecule has 0 heterocycles. The van der Waals surface area contributed by atoms with Gasteiger partial charge in [0.15, 0.2) is 29.7 Å². The number of nitrogens with zero attached hydrogens (tertiary/aromatic N) is 1. The fourth-order valence-electron chi connectivity index (χ4n) is 2.06. The molecular weight excluding hydrogens is 358 g/mol. The number of rotatable bonds is 9. The molecule has 0 radical (unpaired) electrons. The van der Waals surface area contributed by atoms with Gasteiger partial charge in [0.2, 0.25) is 0 Å². The van der Waals surface area contributed by atoms with Gasteiger partial charge in [0, 0.05) is 17.3 Å². The molecule has 6 nitrogen and oxygen atoms in total. The summed E-state index contributed by atoms with van der Waals surface area (Å²) >= 11 is 0. The van der Waals surface area contributed by atoms with Crippen LogP contribution in [0.5, 0.6) is 11.5 Å². The Morgan fingerprint density at radius 3 is 2.67 bits per heavy atom. The van der Waals surface area contributed by atoms with Crippen LogP contribution in [0.2, 0.25) is 0 Å². The first-order valence-corrected chi connectivity index (χ1v) is 8.24. The number of benzene rings is 2. The van der Waals surface area contributed by atoms with Gasteiger partial charge in [0.25, 0.3) is 5.91 Å². The third-order valence-corrected chi connectivity index (χ3v) is 3.32. The van der Waals surface area contributed by atoms with Crippen LogP contribution in [0.3, 0.4) is 0 Å². The fraction of sp³-hybridized carbons (Fsp3) is 0.263. The average Bonchev–Trinajstić information content (AvgIpc) is 2.66. The lowest BCUT2D eigenvalue weighted by molar-refractivity contribution is -0.120. The number of anilines is 1. The molecule has 0 aromatic heterocycles. The number of halogens is 2. The predicted molar refractivity (Wildman–Crippen MR) is 97.3 cm³/mol. The molecule has 0 saturated carbocycles. The van der Waals surface area contributed by atoms with E-state index in [9.17, 15) is 13.6 Å². The number of carbonyl (C=O) groups excluding carboxylic acids is 1. The summed E-state index contributed by atoms with van der Waals surface area (Å²) in [5.41, 5.74) is 0.815. The van der Waals surface area contributed by atoms with Crippen LogP contribution in [0.4, 0.5) is 14.5 Å². The summed E-state index contributed by atoms with van der Waals surface area (Å²) in [6.45, 7) is 2.21. The van der Waals surface area contributed by atoms with Crippen molar-refractivity contribution in [3.63, 3.8) is 0 Å². The number of carbonyl (C=O) groups is 1. The van der Waals surface area contributed by atoms with E-state index < -0.39 is 17.5 Å². The second-order valence-corrected chi connectivity index (χ2v) is 5.44. The number of amides is 1. The number of ether oxygens (including phenoxy) is 2. The van der Waals surface area contributed by atoms with E-state index in [2.05, 4.69) is 10.5 Å². The summed E-state index contributed by atoms with van der Waals surface area (Å²) in [5, 5.41) is 6.08. The minimum atomic E-state index is -1.05. The van der Waals surface area contributed by atoms with E-state index >= 15 is 0 Å². The molecule has 0 aliphatic heterocycles. The minimum Gasteiger partial charge on any atom is -0.493 e. The normalized spacial score (nSPS) is 10.7. The first-order chi connectivity index (χ1) is 13.0. The van der Waals surface area contributed by atoms with Gasteiger partial charge in [-0.25, -0.2) is 8.78 Å². The summed E-state index contributed by atoms with van der Waals surface area (Å²) in [6.07, 6.45) is 2.30. The van der Waals surface area contributed by atoms with E-state index in [-0.39, 0.29) is 12.3 Å². The molecule has 27 heavy (non-hydrogen) atoms. The van der Waals surface area contributed by atoms with Gasteiger partial charge in [-0.2, -0.15) is 0 Å². The number of nitrogens with one attached hydrogen (secondary N) is 1. The molecule has 2 rings (SSSR count). The highest BCUT2D eigenvalue weighted by Gasteiger charge is 2.07. The Labute approximate surface area is 155 Å². The molecule has 2 aromatic carbocycles. The van der Waals surface area contributed by atoms with E-state index in [4.69, 9.17) is 14.3 Å². The van der Waals surface area contributed by atoms with Gasteiger partial charge in [-0.3, -0.25) is 4.79 Å². The highest BCUT2D eigenvalue weighted by Crippen LogP contribution is 2.27. The second-order valence-electron chi connectivity index (χ2n) is 5.44. The van der Waals surface area contributed by atoms with Gasteiger partial charge in [-0.1, -0.05) is 12.1 Å². The average molecular weight is 378 g/mol. The maximum absolute atomic E-state index is 13.1. The molecule has 0 saturated heterocycles. The van der Waals surface area contributed by atoms with Crippen LogP contribution in [0.1, 0.15) is 18.9 Å². The zero-order valence-electron chi connectivity index (χ0n) is 15.0. The summed E-state index contributed by atoms with van der Waals surface area (Å²) < 4.78 is 36.7. The Balaban J connectivity index is 1.85. The minimum absolute atomic E-state index is 0.124. The Bertz CT molecular complexity index is 812. The number of hydrogen-bond acceptors (Lipinski definition) is 5. The molecule has 0 aliphatic carbocycles. The molecule has 0 aliphatic rings. The summed E-state index contributed by atoms with van der Waals surface area (Å²) in [4.78, 5) is 16.6. The molecule has 0 unspecified atom stereocenters. The first kappa shape index (κ1) is 20.2. The van der Waals surface area contributed by atoms with Crippen molar-refractivity contribution in [2.75, 3.05) is 25.6 Å². The number of hydrogen-bond donors (Lipinski definition) is 1. The van der Waals surface area contributed by atoms with E-state index in [1.807, 2.05) is 6.92 Å². The molecular formula is C19H20F2N2O4. The maximum atomic E-state index is 13.1. The van der Waals surface area contributed by atoms with Crippen molar-refractivity contribution >= 4 is 17.8 Å². The van der Waals surface area contributed by atoms with Crippen LogP contribution < -0.4 is 14.8 Å². The molecule has 0 spiro atoms. The second kappa shape index (κ2) is 10.1. The van der Waals surface area contributed by atoms with E-state index in [1.54, 1.807) is 18.2 Å². The lowest BCUT2D eigenvalue weighted by Gasteiger charge is -2.10. The molecule has 144 valence electrons. The van der Waals surface area contributed by atoms with Gasteiger partial charge in [0.1, 0.15) is 0 Å². The standard InChI is InChI=1S/C19H20F2N2O4/c1-3-8-26-17-7-4-13(9-18(17)25-2)11-22-27-12-19(24)23-14-5-6-15(20)16(21)10-14/h4-7,9-11H,3,8,12H2,1-2H3,(H,23,24)/b22-11-.